The standard InChI is InChI=1S/C14H16N2OS2/c1-9(2)8-18-14-16-12(13(15)19-14)10-4-6-11(17-3)7-5-10/h4-7H,1,8,15H2,2-3H3. The Morgan fingerprint density at radius 1 is 1.42 bits per heavy atom. The van der Waals surface area contributed by atoms with Crippen LogP contribution < -0.4 is 10.5 Å². The molecule has 1 aromatic heterocycles. The van der Waals surface area contributed by atoms with E-state index in [2.05, 4.69) is 11.6 Å². The van der Waals surface area contributed by atoms with E-state index in [4.69, 9.17) is 10.5 Å². The van der Waals surface area contributed by atoms with Crippen LogP contribution in [0.5, 0.6) is 5.75 Å². The molecule has 1 heterocycles. The van der Waals surface area contributed by atoms with Gasteiger partial charge in [-0.2, -0.15) is 0 Å². The molecule has 0 unspecified atom stereocenters. The third kappa shape index (κ3) is 3.52. The minimum absolute atomic E-state index is 0.745. The first-order valence-electron chi connectivity index (χ1n) is 5.78. The van der Waals surface area contributed by atoms with Crippen molar-refractivity contribution in [3.8, 4) is 17.0 Å². The molecule has 5 heteroatoms. The molecule has 3 nitrogen and oxygen atoms in total. The summed E-state index contributed by atoms with van der Waals surface area (Å²) in [5, 5.41) is 0.745. The summed E-state index contributed by atoms with van der Waals surface area (Å²) in [5.74, 6) is 1.70. The molecule has 0 spiro atoms. The number of rotatable bonds is 5. The van der Waals surface area contributed by atoms with Crippen molar-refractivity contribution in [1.29, 1.82) is 0 Å². The predicted molar refractivity (Wildman–Crippen MR) is 84.1 cm³/mol. The minimum Gasteiger partial charge on any atom is -0.497 e. The van der Waals surface area contributed by atoms with Crippen LogP contribution >= 0.6 is 23.1 Å². The van der Waals surface area contributed by atoms with Gasteiger partial charge >= 0.3 is 0 Å². The summed E-state index contributed by atoms with van der Waals surface area (Å²) in [5.41, 5.74) is 9.02. The van der Waals surface area contributed by atoms with E-state index in [0.29, 0.717) is 0 Å². The maximum atomic E-state index is 6.04. The zero-order chi connectivity index (χ0) is 13.8. The van der Waals surface area contributed by atoms with Gasteiger partial charge in [0.2, 0.25) is 0 Å². The molecule has 0 aliphatic rings. The molecular formula is C14H16N2OS2. The predicted octanol–water partition coefficient (Wildman–Crippen LogP) is 4.07. The normalized spacial score (nSPS) is 10.4. The Labute approximate surface area is 121 Å². The second-order valence-corrected chi connectivity index (χ2v) is 6.42. The van der Waals surface area contributed by atoms with E-state index in [1.165, 1.54) is 11.3 Å². The molecule has 1 aromatic carbocycles. The summed E-state index contributed by atoms with van der Waals surface area (Å²) in [6.07, 6.45) is 0. The molecule has 2 aromatic rings. The first kappa shape index (κ1) is 14.0. The average molecular weight is 292 g/mol. The lowest BCUT2D eigenvalue weighted by molar-refractivity contribution is 0.415. The number of ether oxygens (including phenoxy) is 1. The maximum Gasteiger partial charge on any atom is 0.152 e. The number of thioether (sulfide) groups is 1. The van der Waals surface area contributed by atoms with Crippen molar-refractivity contribution in [2.24, 2.45) is 0 Å². The van der Waals surface area contributed by atoms with Crippen molar-refractivity contribution in [3.05, 3.63) is 36.4 Å². The van der Waals surface area contributed by atoms with Crippen molar-refractivity contribution in [2.75, 3.05) is 18.6 Å². The summed E-state index contributed by atoms with van der Waals surface area (Å²) in [6.45, 7) is 5.90. The third-order valence-corrected chi connectivity index (χ3v) is 4.70. The lowest BCUT2D eigenvalue weighted by Gasteiger charge is -2.01. The molecule has 2 N–H and O–H groups in total. The topological polar surface area (TPSA) is 48.1 Å². The highest BCUT2D eigenvalue weighted by molar-refractivity contribution is 8.01. The lowest BCUT2D eigenvalue weighted by atomic mass is 10.1. The number of hydrogen-bond acceptors (Lipinski definition) is 5. The quantitative estimate of drug-likeness (QED) is 0.666. The number of methoxy groups -OCH3 is 1. The number of nitrogen functional groups attached to an aromatic ring is 1. The highest BCUT2D eigenvalue weighted by atomic mass is 32.2. The van der Waals surface area contributed by atoms with Gasteiger partial charge in [0.15, 0.2) is 4.34 Å². The van der Waals surface area contributed by atoms with Crippen LogP contribution in [0.4, 0.5) is 5.00 Å². The fourth-order valence-corrected chi connectivity index (χ4v) is 3.31. The van der Waals surface area contributed by atoms with Crippen molar-refractivity contribution in [2.45, 2.75) is 11.3 Å². The zero-order valence-electron chi connectivity index (χ0n) is 11.0. The number of nitrogens with zero attached hydrogens (tertiary/aromatic N) is 1. The third-order valence-electron chi connectivity index (χ3n) is 2.44. The molecule has 0 saturated carbocycles. The van der Waals surface area contributed by atoms with Gasteiger partial charge in [0.25, 0.3) is 0 Å². The minimum atomic E-state index is 0.745. The van der Waals surface area contributed by atoms with E-state index in [-0.39, 0.29) is 0 Å². The number of anilines is 1. The summed E-state index contributed by atoms with van der Waals surface area (Å²) in [7, 11) is 1.65. The maximum absolute atomic E-state index is 6.04. The number of benzene rings is 1. The van der Waals surface area contributed by atoms with E-state index >= 15 is 0 Å². The fraction of sp³-hybridized carbons (Fsp3) is 0.214. The van der Waals surface area contributed by atoms with Crippen molar-refractivity contribution >= 4 is 28.1 Å². The molecule has 0 fully saturated rings. The molecule has 0 atom stereocenters. The fourth-order valence-electron chi connectivity index (χ4n) is 1.51. The molecule has 2 rings (SSSR count). The highest BCUT2D eigenvalue weighted by Gasteiger charge is 2.11. The molecule has 19 heavy (non-hydrogen) atoms. The van der Waals surface area contributed by atoms with Gasteiger partial charge in [-0.25, -0.2) is 4.98 Å². The second-order valence-electron chi connectivity index (χ2n) is 4.17. The van der Waals surface area contributed by atoms with Gasteiger partial charge < -0.3 is 10.5 Å². The highest BCUT2D eigenvalue weighted by Crippen LogP contribution is 2.36. The molecule has 0 aliphatic carbocycles. The van der Waals surface area contributed by atoms with Crippen molar-refractivity contribution in [3.63, 3.8) is 0 Å². The first-order valence-corrected chi connectivity index (χ1v) is 7.58. The van der Waals surface area contributed by atoms with Crippen LogP contribution in [0.2, 0.25) is 0 Å². The summed E-state index contributed by atoms with van der Waals surface area (Å²) in [4.78, 5) is 4.58. The summed E-state index contributed by atoms with van der Waals surface area (Å²) < 4.78 is 6.12. The summed E-state index contributed by atoms with van der Waals surface area (Å²) >= 11 is 3.19. The van der Waals surface area contributed by atoms with Gasteiger partial charge in [-0.05, 0) is 31.2 Å². The van der Waals surface area contributed by atoms with E-state index < -0.39 is 0 Å². The molecule has 0 bridgehead atoms. The van der Waals surface area contributed by atoms with Crippen LogP contribution in [-0.2, 0) is 0 Å². The van der Waals surface area contributed by atoms with Crippen LogP contribution in [-0.4, -0.2) is 17.8 Å². The molecule has 0 saturated heterocycles. The largest absolute Gasteiger partial charge is 0.497 e. The molecule has 100 valence electrons. The lowest BCUT2D eigenvalue weighted by Crippen LogP contribution is -1.87. The van der Waals surface area contributed by atoms with Gasteiger partial charge in [0, 0.05) is 11.3 Å². The molecule has 0 aliphatic heterocycles. The number of hydrogen-bond donors (Lipinski definition) is 1. The Morgan fingerprint density at radius 3 is 2.68 bits per heavy atom. The number of aromatic nitrogens is 1. The number of nitrogens with two attached hydrogens (primary N) is 1. The number of thiazole rings is 1. The SMILES string of the molecule is C=C(C)CSc1nc(-c2ccc(OC)cc2)c(N)s1. The Morgan fingerprint density at radius 2 is 2.11 bits per heavy atom. The van der Waals surface area contributed by atoms with Gasteiger partial charge in [-0.3, -0.25) is 0 Å². The zero-order valence-corrected chi connectivity index (χ0v) is 12.6. The molecule has 0 amide bonds. The van der Waals surface area contributed by atoms with Gasteiger partial charge in [0.05, 0.1) is 7.11 Å². The van der Waals surface area contributed by atoms with E-state index in [0.717, 1.165) is 37.7 Å². The van der Waals surface area contributed by atoms with E-state index in [1.807, 2.05) is 31.2 Å². The first-order chi connectivity index (χ1) is 9.10. The van der Waals surface area contributed by atoms with Crippen LogP contribution in [0.25, 0.3) is 11.3 Å². The summed E-state index contributed by atoms with van der Waals surface area (Å²) in [6, 6.07) is 7.76. The van der Waals surface area contributed by atoms with Gasteiger partial charge in [-0.15, -0.1) is 0 Å². The molecular weight excluding hydrogens is 276 g/mol. The smallest absolute Gasteiger partial charge is 0.152 e. The van der Waals surface area contributed by atoms with Crippen molar-refractivity contribution < 1.29 is 4.74 Å². The van der Waals surface area contributed by atoms with E-state index in [1.54, 1.807) is 18.9 Å². The average Bonchev–Trinajstić information content (AvgIpc) is 2.78. The van der Waals surface area contributed by atoms with Crippen LogP contribution in [0.15, 0.2) is 40.8 Å². The Hall–Kier alpha value is -1.46. The van der Waals surface area contributed by atoms with Crippen LogP contribution in [0, 0.1) is 0 Å². The second kappa shape index (κ2) is 6.12. The molecule has 0 radical (unpaired) electrons. The van der Waals surface area contributed by atoms with E-state index in [9.17, 15) is 0 Å². The Bertz CT molecular complexity index is 576. The monoisotopic (exact) mass is 292 g/mol. The Balaban J connectivity index is 2.21. The van der Waals surface area contributed by atoms with Crippen LogP contribution in [0.1, 0.15) is 6.92 Å². The van der Waals surface area contributed by atoms with Gasteiger partial charge in [-0.1, -0.05) is 35.3 Å². The van der Waals surface area contributed by atoms with Crippen LogP contribution in [0.3, 0.4) is 0 Å². The van der Waals surface area contributed by atoms with Gasteiger partial charge in [0.1, 0.15) is 16.4 Å². The van der Waals surface area contributed by atoms with Crippen molar-refractivity contribution in [1.82, 2.24) is 4.98 Å². The Kier molecular flexibility index (Phi) is 4.50.